The van der Waals surface area contributed by atoms with E-state index in [1.165, 1.54) is 36.4 Å². The maximum atomic E-state index is 12.8. The van der Waals surface area contributed by atoms with Crippen molar-refractivity contribution in [2.75, 3.05) is 12.3 Å². The minimum Gasteiger partial charge on any atom is -0.508 e. The van der Waals surface area contributed by atoms with Crippen molar-refractivity contribution >= 4 is 41.6 Å². The minimum atomic E-state index is -1.37. The maximum Gasteiger partial charge on any atom is 0.322 e. The number of phenols is 3. The number of carbonyl (C=O) groups excluding carboxylic acids is 2. The van der Waals surface area contributed by atoms with Crippen LogP contribution in [0, 0.1) is 5.92 Å². The number of hydrogen-bond acceptors (Lipinski definition) is 10. The molecule has 14 heteroatoms. The van der Waals surface area contributed by atoms with E-state index in [9.17, 15) is 39.6 Å². The topological polar surface area (TPSA) is 240 Å². The average Bonchev–Trinajstić information content (AvgIpc) is 2.93. The average molecular weight is 620 g/mol. The molecule has 0 heterocycles. The SMILES string of the molecule is CC(C)/C=C/c1c(O)cc(C(O)C(SCC(NC(=O)CCC(N)C(=O)O)C(=O)NCC(=O)O)c2ccc(O)cc2)cc1O. The number of phenolic OH excluding ortho intramolecular Hbond substituents is 3. The van der Waals surface area contributed by atoms with Crippen LogP contribution in [0.15, 0.2) is 42.5 Å². The fourth-order valence-electron chi connectivity index (χ4n) is 3.83. The van der Waals surface area contributed by atoms with Gasteiger partial charge < -0.3 is 47.0 Å². The molecule has 0 fully saturated rings. The monoisotopic (exact) mass is 619 g/mol. The minimum absolute atomic E-state index is 0.0451. The fraction of sp³-hybridized carbons (Fsp3) is 0.379. The summed E-state index contributed by atoms with van der Waals surface area (Å²) in [5, 5.41) is 64.0. The Kier molecular flexibility index (Phi) is 13.3. The Morgan fingerprint density at radius 1 is 0.977 bits per heavy atom. The van der Waals surface area contributed by atoms with Gasteiger partial charge in [-0.15, -0.1) is 11.8 Å². The van der Waals surface area contributed by atoms with Crippen LogP contribution in [0.5, 0.6) is 17.2 Å². The molecule has 4 unspecified atom stereocenters. The van der Waals surface area contributed by atoms with Crippen LogP contribution in [0.2, 0.25) is 0 Å². The van der Waals surface area contributed by atoms with Crippen LogP contribution in [0.25, 0.3) is 6.08 Å². The molecule has 0 aliphatic carbocycles. The molecule has 2 amide bonds. The molecule has 10 N–H and O–H groups in total. The van der Waals surface area contributed by atoms with Crippen molar-refractivity contribution in [1.29, 1.82) is 0 Å². The number of aliphatic hydroxyl groups excluding tert-OH is 1. The van der Waals surface area contributed by atoms with Gasteiger partial charge in [0, 0.05) is 12.2 Å². The lowest BCUT2D eigenvalue weighted by Crippen LogP contribution is -2.49. The zero-order valence-electron chi connectivity index (χ0n) is 23.6. The highest BCUT2D eigenvalue weighted by atomic mass is 32.2. The second-order valence-electron chi connectivity index (χ2n) is 10.1. The number of nitrogens with two attached hydrogens (primary N) is 1. The predicted molar refractivity (Wildman–Crippen MR) is 159 cm³/mol. The number of benzene rings is 2. The molecule has 0 bridgehead atoms. The number of carbonyl (C=O) groups is 4. The first kappa shape index (κ1) is 34.9. The quantitative estimate of drug-likeness (QED) is 0.131. The van der Waals surface area contributed by atoms with Crippen molar-refractivity contribution in [2.24, 2.45) is 11.7 Å². The van der Waals surface area contributed by atoms with Gasteiger partial charge >= 0.3 is 11.9 Å². The van der Waals surface area contributed by atoms with Gasteiger partial charge in [0.25, 0.3) is 0 Å². The van der Waals surface area contributed by atoms with E-state index >= 15 is 0 Å². The van der Waals surface area contributed by atoms with E-state index in [4.69, 9.17) is 15.9 Å². The molecular weight excluding hydrogens is 582 g/mol. The third-order valence-corrected chi connectivity index (χ3v) is 7.58. The summed E-state index contributed by atoms with van der Waals surface area (Å²) in [5.41, 5.74) is 6.24. The van der Waals surface area contributed by atoms with E-state index in [0.29, 0.717) is 5.56 Å². The summed E-state index contributed by atoms with van der Waals surface area (Å²) in [6.07, 6.45) is 1.44. The van der Waals surface area contributed by atoms with Gasteiger partial charge in [-0.1, -0.05) is 38.1 Å². The zero-order valence-corrected chi connectivity index (χ0v) is 24.5. The summed E-state index contributed by atoms with van der Waals surface area (Å²) in [5.74, 6) is -4.79. The summed E-state index contributed by atoms with van der Waals surface area (Å²) in [6, 6.07) is 5.82. The second kappa shape index (κ2) is 16.4. The predicted octanol–water partition coefficient (Wildman–Crippen LogP) is 1.86. The highest BCUT2D eigenvalue weighted by molar-refractivity contribution is 7.99. The molecule has 2 aromatic rings. The number of thioether (sulfide) groups is 1. The molecule has 2 aromatic carbocycles. The molecule has 4 atom stereocenters. The first-order chi connectivity index (χ1) is 20.2. The Bertz CT molecular complexity index is 1290. The van der Waals surface area contributed by atoms with E-state index < -0.39 is 53.7 Å². The second-order valence-corrected chi connectivity index (χ2v) is 11.3. The number of rotatable bonds is 16. The first-order valence-corrected chi connectivity index (χ1v) is 14.3. The van der Waals surface area contributed by atoms with E-state index in [2.05, 4.69) is 10.6 Å². The van der Waals surface area contributed by atoms with Gasteiger partial charge in [0.1, 0.15) is 35.9 Å². The molecule has 0 saturated carbocycles. The normalized spacial score (nSPS) is 14.2. The van der Waals surface area contributed by atoms with Gasteiger partial charge in [0.2, 0.25) is 11.8 Å². The van der Waals surface area contributed by atoms with Crippen molar-refractivity contribution in [3.63, 3.8) is 0 Å². The van der Waals surface area contributed by atoms with E-state index in [0.717, 1.165) is 11.8 Å². The van der Waals surface area contributed by atoms with E-state index in [1.54, 1.807) is 12.2 Å². The number of aliphatic carboxylic acids is 2. The Balaban J connectivity index is 2.37. The summed E-state index contributed by atoms with van der Waals surface area (Å²) < 4.78 is 0. The molecule has 0 aromatic heterocycles. The first-order valence-electron chi connectivity index (χ1n) is 13.3. The fourth-order valence-corrected chi connectivity index (χ4v) is 5.15. The number of carboxylic acid groups (broad SMARTS) is 2. The van der Waals surface area contributed by atoms with Crippen molar-refractivity contribution in [3.05, 3.63) is 59.2 Å². The molecule has 2 rings (SSSR count). The number of aromatic hydroxyl groups is 3. The van der Waals surface area contributed by atoms with Crippen LogP contribution >= 0.6 is 11.8 Å². The van der Waals surface area contributed by atoms with Crippen LogP contribution in [0.4, 0.5) is 0 Å². The Hall–Kier alpha value is -4.27. The Morgan fingerprint density at radius 2 is 1.58 bits per heavy atom. The van der Waals surface area contributed by atoms with Crippen LogP contribution < -0.4 is 16.4 Å². The smallest absolute Gasteiger partial charge is 0.322 e. The highest BCUT2D eigenvalue weighted by Gasteiger charge is 2.29. The highest BCUT2D eigenvalue weighted by Crippen LogP contribution is 2.43. The number of amides is 2. The number of aliphatic hydroxyl groups is 1. The van der Waals surface area contributed by atoms with Gasteiger partial charge in [-0.25, -0.2) is 0 Å². The maximum absolute atomic E-state index is 12.8. The number of carboxylic acids is 2. The molecule has 0 saturated heterocycles. The van der Waals surface area contributed by atoms with E-state index in [-0.39, 0.29) is 52.9 Å². The zero-order chi connectivity index (χ0) is 32.3. The lowest BCUT2D eigenvalue weighted by Gasteiger charge is -2.26. The Labute approximate surface area is 252 Å². The van der Waals surface area contributed by atoms with Gasteiger partial charge in [0.15, 0.2) is 0 Å². The lowest BCUT2D eigenvalue weighted by atomic mass is 9.98. The van der Waals surface area contributed by atoms with Gasteiger partial charge in [0.05, 0.1) is 16.9 Å². The van der Waals surface area contributed by atoms with Gasteiger partial charge in [-0.05, 0) is 47.7 Å². The number of nitrogens with one attached hydrogen (secondary N) is 2. The van der Waals surface area contributed by atoms with Crippen molar-refractivity contribution in [2.45, 2.75) is 50.1 Å². The van der Waals surface area contributed by atoms with Crippen LogP contribution in [0.3, 0.4) is 0 Å². The third-order valence-electron chi connectivity index (χ3n) is 6.16. The number of allylic oxidation sites excluding steroid dienone is 1. The van der Waals surface area contributed by atoms with Crippen molar-refractivity contribution < 1.29 is 49.8 Å². The van der Waals surface area contributed by atoms with Crippen LogP contribution in [-0.2, 0) is 19.2 Å². The summed E-state index contributed by atoms with van der Waals surface area (Å²) in [6.45, 7) is 3.12. The molecular formula is C29H37N3O10S. The molecule has 0 aliphatic heterocycles. The van der Waals surface area contributed by atoms with E-state index in [1.807, 2.05) is 13.8 Å². The largest absolute Gasteiger partial charge is 0.508 e. The van der Waals surface area contributed by atoms with Crippen molar-refractivity contribution in [1.82, 2.24) is 10.6 Å². The van der Waals surface area contributed by atoms with Gasteiger partial charge in [-0.3, -0.25) is 19.2 Å². The molecule has 13 nitrogen and oxygen atoms in total. The van der Waals surface area contributed by atoms with Crippen molar-refractivity contribution in [3.8, 4) is 17.2 Å². The third kappa shape index (κ3) is 11.1. The lowest BCUT2D eigenvalue weighted by molar-refractivity contribution is -0.139. The molecule has 0 aliphatic rings. The molecule has 0 radical (unpaired) electrons. The van der Waals surface area contributed by atoms with Gasteiger partial charge in [-0.2, -0.15) is 0 Å². The molecule has 0 spiro atoms. The summed E-state index contributed by atoms with van der Waals surface area (Å²) in [4.78, 5) is 47.3. The standard InChI is InChI=1S/C29H37N3O10S/c1-15(2)3-8-19-22(34)11-17(12-23(19)35)26(39)27(16-4-6-18(33)7-5-16)43-14-21(28(40)31-13-25(37)38)32-24(36)10-9-20(30)29(41)42/h3-8,11-12,15,20-21,26-27,33-35,39H,9-10,13-14,30H2,1-2H3,(H,31,40)(H,32,36)(H,37,38)(H,41,42)/b8-3+. The number of hydrogen-bond donors (Lipinski definition) is 9. The Morgan fingerprint density at radius 3 is 2.12 bits per heavy atom. The summed E-state index contributed by atoms with van der Waals surface area (Å²) in [7, 11) is 0. The van der Waals surface area contributed by atoms with Crippen LogP contribution in [0.1, 0.15) is 54.7 Å². The molecule has 234 valence electrons. The summed E-state index contributed by atoms with van der Waals surface area (Å²) >= 11 is 1.00. The van der Waals surface area contributed by atoms with Crippen LogP contribution in [-0.4, -0.2) is 78.8 Å². The molecule has 43 heavy (non-hydrogen) atoms.